The van der Waals surface area contributed by atoms with Crippen LogP contribution >= 0.6 is 11.6 Å². The summed E-state index contributed by atoms with van der Waals surface area (Å²) in [5, 5.41) is 9.49. The third-order valence-electron chi connectivity index (χ3n) is 4.92. The minimum Gasteiger partial charge on any atom is -0.494 e. The number of methoxy groups -OCH3 is 1. The van der Waals surface area contributed by atoms with Gasteiger partial charge in [-0.05, 0) is 54.2 Å². The summed E-state index contributed by atoms with van der Waals surface area (Å²) in [6.07, 6.45) is 0.797. The lowest BCUT2D eigenvalue weighted by atomic mass is 9.87. The number of nitrogens with zero attached hydrogens (tertiary/aromatic N) is 3. The minimum atomic E-state index is -1.43. The maximum Gasteiger partial charge on any atom is 0.177 e. The van der Waals surface area contributed by atoms with Crippen LogP contribution in [-0.2, 0) is 22.6 Å². The quantitative estimate of drug-likeness (QED) is 0.552. The van der Waals surface area contributed by atoms with Gasteiger partial charge in [0.2, 0.25) is 0 Å². The van der Waals surface area contributed by atoms with Gasteiger partial charge in [-0.3, -0.25) is 0 Å². The topological polar surface area (TPSA) is 57.0 Å². The zero-order valence-electron chi connectivity index (χ0n) is 17.6. The van der Waals surface area contributed by atoms with E-state index in [1.54, 1.807) is 11.8 Å². The van der Waals surface area contributed by atoms with E-state index in [4.69, 9.17) is 16.3 Å². The van der Waals surface area contributed by atoms with Crippen LogP contribution in [0.3, 0.4) is 0 Å². The fourth-order valence-corrected chi connectivity index (χ4v) is 4.45. The van der Waals surface area contributed by atoms with Crippen LogP contribution in [0.15, 0.2) is 46.3 Å². The lowest BCUT2D eigenvalue weighted by molar-refractivity contribution is 0.410. The lowest BCUT2D eigenvalue weighted by Crippen LogP contribution is -2.10. The molecule has 0 fully saturated rings. The molecule has 1 atom stereocenters. The Morgan fingerprint density at radius 3 is 2.38 bits per heavy atom. The summed E-state index contributed by atoms with van der Waals surface area (Å²) in [7, 11) is 0.171. The van der Waals surface area contributed by atoms with Gasteiger partial charge in [-0.2, -0.15) is 0 Å². The van der Waals surface area contributed by atoms with E-state index in [-0.39, 0.29) is 5.41 Å². The third kappa shape index (κ3) is 4.23. The van der Waals surface area contributed by atoms with Crippen LogP contribution in [0.4, 0.5) is 0 Å². The first-order valence-corrected chi connectivity index (χ1v) is 11.0. The van der Waals surface area contributed by atoms with E-state index in [2.05, 4.69) is 31.1 Å². The van der Waals surface area contributed by atoms with Crippen molar-refractivity contribution in [3.05, 3.63) is 58.2 Å². The van der Waals surface area contributed by atoms with E-state index in [1.807, 2.05) is 50.2 Å². The van der Waals surface area contributed by atoms with Gasteiger partial charge < -0.3 is 4.74 Å². The molecule has 0 amide bonds. The molecule has 0 bridgehead atoms. The average Bonchev–Trinajstić information content (AvgIpc) is 3.07. The van der Waals surface area contributed by atoms with E-state index in [9.17, 15) is 4.21 Å². The van der Waals surface area contributed by atoms with Gasteiger partial charge in [-0.1, -0.05) is 56.6 Å². The SMILES string of the molecule is CCc1cc(OC)c(-n2nnc(S(=O)c3ccc(C(C)(C)C)cc3)c2C)cc1Cl. The maximum absolute atomic E-state index is 13.1. The number of aryl methyl sites for hydroxylation is 1. The van der Waals surface area contributed by atoms with Crippen LogP contribution in [0.25, 0.3) is 5.69 Å². The van der Waals surface area contributed by atoms with E-state index < -0.39 is 10.8 Å². The number of ether oxygens (including phenoxy) is 1. The fraction of sp³-hybridized carbons (Fsp3) is 0.364. The Bertz CT molecular complexity index is 1050. The normalized spacial score (nSPS) is 12.8. The summed E-state index contributed by atoms with van der Waals surface area (Å²) in [6.45, 7) is 10.3. The molecule has 0 saturated heterocycles. The molecule has 7 heteroatoms. The van der Waals surface area contributed by atoms with Crippen molar-refractivity contribution >= 4 is 22.4 Å². The largest absolute Gasteiger partial charge is 0.494 e. The molecule has 1 unspecified atom stereocenters. The fourth-order valence-electron chi connectivity index (χ4n) is 3.09. The third-order valence-corrected chi connectivity index (χ3v) is 6.70. The van der Waals surface area contributed by atoms with Gasteiger partial charge in [0, 0.05) is 9.92 Å². The molecule has 0 aliphatic heterocycles. The van der Waals surface area contributed by atoms with E-state index in [0.29, 0.717) is 32.1 Å². The Kier molecular flexibility index (Phi) is 6.15. The van der Waals surface area contributed by atoms with Crippen molar-refractivity contribution in [2.45, 2.75) is 56.4 Å². The number of rotatable bonds is 5. The first-order valence-electron chi connectivity index (χ1n) is 9.48. The summed E-state index contributed by atoms with van der Waals surface area (Å²) in [6, 6.07) is 11.5. The van der Waals surface area contributed by atoms with Gasteiger partial charge in [0.15, 0.2) is 5.03 Å². The number of halogens is 1. The smallest absolute Gasteiger partial charge is 0.177 e. The van der Waals surface area contributed by atoms with E-state index in [1.165, 1.54) is 5.56 Å². The van der Waals surface area contributed by atoms with Crippen LogP contribution in [0.2, 0.25) is 5.02 Å². The molecule has 0 aliphatic carbocycles. The second kappa shape index (κ2) is 8.28. The molecule has 29 heavy (non-hydrogen) atoms. The standard InChI is InChI=1S/C22H26ClN3O2S/c1-7-15-12-20(28-6)19(13-18(15)23)26-14(2)21(24-25-26)29(27)17-10-8-16(9-11-17)22(3,4)5/h8-13H,7H2,1-6H3. The van der Waals surface area contributed by atoms with Crippen LogP contribution in [0.5, 0.6) is 5.75 Å². The number of benzene rings is 2. The zero-order valence-corrected chi connectivity index (χ0v) is 19.2. The summed E-state index contributed by atoms with van der Waals surface area (Å²) < 4.78 is 20.3. The second-order valence-corrected chi connectivity index (χ2v) is 9.71. The molecule has 0 radical (unpaired) electrons. The molecule has 0 spiro atoms. The van der Waals surface area contributed by atoms with Crippen molar-refractivity contribution in [1.29, 1.82) is 0 Å². The van der Waals surface area contributed by atoms with Gasteiger partial charge >= 0.3 is 0 Å². The summed E-state index contributed by atoms with van der Waals surface area (Å²) in [4.78, 5) is 0.694. The molecule has 3 rings (SSSR count). The van der Waals surface area contributed by atoms with Crippen molar-refractivity contribution in [3.8, 4) is 11.4 Å². The highest BCUT2D eigenvalue weighted by Gasteiger charge is 2.21. The van der Waals surface area contributed by atoms with Crippen molar-refractivity contribution in [1.82, 2.24) is 15.0 Å². The lowest BCUT2D eigenvalue weighted by Gasteiger charge is -2.18. The second-order valence-electron chi connectivity index (χ2n) is 7.90. The van der Waals surface area contributed by atoms with Gasteiger partial charge in [-0.15, -0.1) is 5.10 Å². The summed E-state index contributed by atoms with van der Waals surface area (Å²) in [5.74, 6) is 0.645. The van der Waals surface area contributed by atoms with E-state index in [0.717, 1.165) is 12.0 Å². The molecule has 0 saturated carbocycles. The predicted octanol–water partition coefficient (Wildman–Crippen LogP) is 5.26. The van der Waals surface area contributed by atoms with Crippen molar-refractivity contribution in [2.75, 3.05) is 7.11 Å². The Morgan fingerprint density at radius 2 is 1.83 bits per heavy atom. The summed E-state index contributed by atoms with van der Waals surface area (Å²) >= 11 is 6.40. The number of hydrogen-bond acceptors (Lipinski definition) is 4. The highest BCUT2D eigenvalue weighted by molar-refractivity contribution is 7.85. The van der Waals surface area contributed by atoms with Crippen molar-refractivity contribution in [3.63, 3.8) is 0 Å². The summed E-state index contributed by atoms with van der Waals surface area (Å²) in [5.41, 5.74) is 3.58. The predicted molar refractivity (Wildman–Crippen MR) is 117 cm³/mol. The molecule has 0 aliphatic rings. The van der Waals surface area contributed by atoms with Gasteiger partial charge in [0.25, 0.3) is 0 Å². The number of aromatic nitrogens is 3. The van der Waals surface area contributed by atoms with Gasteiger partial charge in [-0.25, -0.2) is 8.89 Å². The van der Waals surface area contributed by atoms with Crippen LogP contribution < -0.4 is 4.74 Å². The molecular weight excluding hydrogens is 406 g/mol. The Balaban J connectivity index is 2.00. The molecule has 1 heterocycles. The van der Waals surface area contributed by atoms with Crippen LogP contribution in [0.1, 0.15) is 44.5 Å². The molecule has 1 aromatic heterocycles. The monoisotopic (exact) mass is 431 g/mol. The first kappa shape index (κ1) is 21.5. The van der Waals surface area contributed by atoms with Gasteiger partial charge in [0.1, 0.15) is 22.2 Å². The Hall–Kier alpha value is -2.18. The molecular formula is C22H26ClN3O2S. The minimum absolute atomic E-state index is 0.0412. The molecule has 154 valence electrons. The Labute approximate surface area is 179 Å². The zero-order chi connectivity index (χ0) is 21.3. The molecule has 5 nitrogen and oxygen atoms in total. The Morgan fingerprint density at radius 1 is 1.17 bits per heavy atom. The van der Waals surface area contributed by atoms with Crippen LogP contribution in [0, 0.1) is 6.92 Å². The maximum atomic E-state index is 13.1. The molecule has 0 N–H and O–H groups in total. The van der Waals surface area contributed by atoms with E-state index >= 15 is 0 Å². The van der Waals surface area contributed by atoms with Crippen molar-refractivity contribution < 1.29 is 8.95 Å². The average molecular weight is 432 g/mol. The number of hydrogen-bond donors (Lipinski definition) is 0. The highest BCUT2D eigenvalue weighted by atomic mass is 35.5. The van der Waals surface area contributed by atoms with Crippen LogP contribution in [-0.4, -0.2) is 26.3 Å². The van der Waals surface area contributed by atoms with Crippen molar-refractivity contribution in [2.24, 2.45) is 0 Å². The molecule has 3 aromatic rings. The van der Waals surface area contributed by atoms with Gasteiger partial charge in [0.05, 0.1) is 12.8 Å². The highest BCUT2D eigenvalue weighted by Crippen LogP contribution is 2.32. The molecule has 2 aromatic carbocycles. The first-order chi connectivity index (χ1) is 13.7.